The van der Waals surface area contributed by atoms with Gasteiger partial charge in [0.2, 0.25) is 5.91 Å². The smallest absolute Gasteiger partial charge is 0.239 e. The number of thiophene rings is 1. The Morgan fingerprint density at radius 2 is 2.05 bits per heavy atom. The third kappa shape index (κ3) is 3.80. The second kappa shape index (κ2) is 6.70. The molecule has 0 saturated heterocycles. The van der Waals surface area contributed by atoms with Gasteiger partial charge in [-0.2, -0.15) is 0 Å². The number of rotatable bonds is 5. The number of nitrogens with one attached hydrogen (secondary N) is 1. The zero-order valence-electron chi connectivity index (χ0n) is 10.4. The highest BCUT2D eigenvalue weighted by atomic mass is 35.5. The lowest BCUT2D eigenvalue weighted by Crippen LogP contribution is -2.13. The summed E-state index contributed by atoms with van der Waals surface area (Å²) in [5, 5.41) is 3.59. The Hall–Kier alpha value is -1.36. The molecule has 0 aliphatic heterocycles. The monoisotopic (exact) mass is 294 g/mol. The number of carbonyl (C=O) groups is 1. The predicted octanol–water partition coefficient (Wildman–Crippen LogP) is 2.97. The number of carbonyl (C=O) groups excluding carboxylic acids is 1. The van der Waals surface area contributed by atoms with Gasteiger partial charge in [0.15, 0.2) is 0 Å². The van der Waals surface area contributed by atoms with Crippen LogP contribution in [0, 0.1) is 0 Å². The minimum atomic E-state index is -0.204. The molecular formula is C14H15ClN2OS. The van der Waals surface area contributed by atoms with Crippen LogP contribution in [0.1, 0.15) is 16.0 Å². The molecule has 19 heavy (non-hydrogen) atoms. The van der Waals surface area contributed by atoms with Crippen molar-refractivity contribution < 1.29 is 4.79 Å². The highest BCUT2D eigenvalue weighted by molar-refractivity contribution is 7.16. The van der Waals surface area contributed by atoms with Crippen LogP contribution >= 0.6 is 22.9 Å². The van der Waals surface area contributed by atoms with Crippen LogP contribution in [0.3, 0.4) is 0 Å². The normalized spacial score (nSPS) is 10.4. The summed E-state index contributed by atoms with van der Waals surface area (Å²) in [7, 11) is 0. The van der Waals surface area contributed by atoms with Crippen molar-refractivity contribution in [1.29, 1.82) is 0 Å². The van der Waals surface area contributed by atoms with Gasteiger partial charge >= 0.3 is 0 Å². The van der Waals surface area contributed by atoms with Crippen LogP contribution < -0.4 is 11.1 Å². The van der Waals surface area contributed by atoms with Crippen LogP contribution in [-0.2, 0) is 17.8 Å². The fourth-order valence-electron chi connectivity index (χ4n) is 1.79. The molecule has 0 saturated carbocycles. The number of hydrogen-bond acceptors (Lipinski definition) is 3. The van der Waals surface area contributed by atoms with Crippen LogP contribution in [0.25, 0.3) is 0 Å². The Kier molecular flexibility index (Phi) is 4.96. The Labute approximate surface area is 121 Å². The Morgan fingerprint density at radius 1 is 1.32 bits per heavy atom. The van der Waals surface area contributed by atoms with Crippen molar-refractivity contribution in [3.63, 3.8) is 0 Å². The summed E-state index contributed by atoms with van der Waals surface area (Å²) in [6.07, 6.45) is 0.843. The first kappa shape index (κ1) is 14.1. The van der Waals surface area contributed by atoms with E-state index < -0.39 is 0 Å². The number of halogens is 1. The number of hydrogen-bond donors (Lipinski definition) is 2. The lowest BCUT2D eigenvalue weighted by Gasteiger charge is -2.01. The van der Waals surface area contributed by atoms with Crippen LogP contribution in [0.2, 0.25) is 0 Å². The summed E-state index contributed by atoms with van der Waals surface area (Å²) in [6.45, 7) is 0.406. The summed E-state index contributed by atoms with van der Waals surface area (Å²) in [5.74, 6) is -0.250. The second-order valence-electron chi connectivity index (χ2n) is 4.12. The molecule has 2 rings (SSSR count). The Balaban J connectivity index is 2.16. The molecule has 1 amide bonds. The molecule has 1 aromatic carbocycles. The highest BCUT2D eigenvalue weighted by Gasteiger charge is 2.10. The quantitative estimate of drug-likeness (QED) is 0.833. The lowest BCUT2D eigenvalue weighted by atomic mass is 10.1. The maximum absolute atomic E-state index is 11.3. The topological polar surface area (TPSA) is 55.1 Å². The first-order chi connectivity index (χ1) is 9.22. The summed E-state index contributed by atoms with van der Waals surface area (Å²) in [4.78, 5) is 12.5. The SMILES string of the molecule is NCc1cc(Cc2ccccc2)sc1NC(=O)CCl. The minimum Gasteiger partial charge on any atom is -0.326 e. The molecule has 1 heterocycles. The van der Waals surface area contributed by atoms with Crippen LogP contribution in [-0.4, -0.2) is 11.8 Å². The predicted molar refractivity (Wildman–Crippen MR) is 80.8 cm³/mol. The largest absolute Gasteiger partial charge is 0.326 e. The van der Waals surface area contributed by atoms with E-state index in [4.69, 9.17) is 17.3 Å². The average Bonchev–Trinajstić information content (AvgIpc) is 2.81. The van der Waals surface area contributed by atoms with Gasteiger partial charge in [0.25, 0.3) is 0 Å². The van der Waals surface area contributed by atoms with Crippen LogP contribution in [0.5, 0.6) is 0 Å². The van der Waals surface area contributed by atoms with Crippen molar-refractivity contribution in [2.24, 2.45) is 5.73 Å². The van der Waals surface area contributed by atoms with Gasteiger partial charge in [0.05, 0.1) is 5.00 Å². The van der Waals surface area contributed by atoms with Crippen molar-refractivity contribution >= 4 is 33.8 Å². The van der Waals surface area contributed by atoms with E-state index in [0.717, 1.165) is 17.0 Å². The van der Waals surface area contributed by atoms with Gasteiger partial charge in [0.1, 0.15) is 5.88 Å². The summed E-state index contributed by atoms with van der Waals surface area (Å²) in [5.41, 5.74) is 7.89. The van der Waals surface area contributed by atoms with Crippen LogP contribution in [0.4, 0.5) is 5.00 Å². The maximum Gasteiger partial charge on any atom is 0.239 e. The zero-order valence-corrected chi connectivity index (χ0v) is 11.9. The van der Waals surface area contributed by atoms with E-state index in [1.54, 1.807) is 11.3 Å². The van der Waals surface area contributed by atoms with Crippen LogP contribution in [0.15, 0.2) is 36.4 Å². The second-order valence-corrected chi connectivity index (χ2v) is 5.52. The van der Waals surface area contributed by atoms with Crippen molar-refractivity contribution in [1.82, 2.24) is 0 Å². The number of anilines is 1. The van der Waals surface area contributed by atoms with E-state index in [9.17, 15) is 4.79 Å². The third-order valence-corrected chi connectivity index (χ3v) is 4.01. The molecule has 0 fully saturated rings. The molecule has 0 aliphatic carbocycles. The molecule has 3 N–H and O–H groups in total. The minimum absolute atomic E-state index is 0.0457. The molecule has 2 aromatic rings. The molecule has 100 valence electrons. The molecule has 0 unspecified atom stereocenters. The molecule has 0 atom stereocenters. The van der Waals surface area contributed by atoms with Crippen molar-refractivity contribution in [2.75, 3.05) is 11.2 Å². The van der Waals surface area contributed by atoms with Gasteiger partial charge in [-0.05, 0) is 11.6 Å². The molecule has 0 spiro atoms. The number of alkyl halides is 1. The van der Waals surface area contributed by atoms with E-state index in [0.29, 0.717) is 6.54 Å². The maximum atomic E-state index is 11.3. The van der Waals surface area contributed by atoms with Crippen molar-refractivity contribution in [3.05, 3.63) is 52.4 Å². The van der Waals surface area contributed by atoms with Gasteiger partial charge in [-0.3, -0.25) is 4.79 Å². The van der Waals surface area contributed by atoms with Gasteiger partial charge in [-0.25, -0.2) is 0 Å². The van der Waals surface area contributed by atoms with E-state index in [1.807, 2.05) is 24.3 Å². The van der Waals surface area contributed by atoms with Gasteiger partial charge in [0, 0.05) is 23.4 Å². The zero-order chi connectivity index (χ0) is 13.7. The molecule has 3 nitrogen and oxygen atoms in total. The van der Waals surface area contributed by atoms with E-state index in [-0.39, 0.29) is 11.8 Å². The molecule has 0 radical (unpaired) electrons. The first-order valence-electron chi connectivity index (χ1n) is 5.94. The Bertz CT molecular complexity index is 554. The summed E-state index contributed by atoms with van der Waals surface area (Å²) < 4.78 is 0. The average molecular weight is 295 g/mol. The Morgan fingerprint density at radius 3 is 2.68 bits per heavy atom. The van der Waals surface area contributed by atoms with E-state index in [1.165, 1.54) is 10.4 Å². The molecule has 0 bridgehead atoms. The number of amides is 1. The molecule has 5 heteroatoms. The third-order valence-electron chi connectivity index (χ3n) is 2.68. The van der Waals surface area contributed by atoms with E-state index in [2.05, 4.69) is 17.4 Å². The van der Waals surface area contributed by atoms with Gasteiger partial charge < -0.3 is 11.1 Å². The summed E-state index contributed by atoms with van der Waals surface area (Å²) in [6, 6.07) is 12.2. The van der Waals surface area contributed by atoms with Gasteiger partial charge in [-0.1, -0.05) is 30.3 Å². The molecule has 0 aliphatic rings. The highest BCUT2D eigenvalue weighted by Crippen LogP contribution is 2.29. The fourth-order valence-corrected chi connectivity index (χ4v) is 2.99. The summed E-state index contributed by atoms with van der Waals surface area (Å²) >= 11 is 7.05. The number of nitrogens with two attached hydrogens (primary N) is 1. The van der Waals surface area contributed by atoms with E-state index >= 15 is 0 Å². The standard InChI is InChI=1S/C14H15ClN2OS/c15-8-13(18)17-14-11(9-16)7-12(19-14)6-10-4-2-1-3-5-10/h1-5,7H,6,8-9,16H2,(H,17,18). The van der Waals surface area contributed by atoms with Gasteiger partial charge in [-0.15, -0.1) is 22.9 Å². The lowest BCUT2D eigenvalue weighted by molar-refractivity contribution is -0.113. The number of benzene rings is 1. The molecule has 1 aromatic heterocycles. The first-order valence-corrected chi connectivity index (χ1v) is 7.29. The van der Waals surface area contributed by atoms with Crippen molar-refractivity contribution in [2.45, 2.75) is 13.0 Å². The molecular weight excluding hydrogens is 280 g/mol. The van der Waals surface area contributed by atoms with Crippen molar-refractivity contribution in [3.8, 4) is 0 Å². The fraction of sp³-hybridized carbons (Fsp3) is 0.214.